The van der Waals surface area contributed by atoms with Crippen molar-refractivity contribution < 1.29 is 9.90 Å². The summed E-state index contributed by atoms with van der Waals surface area (Å²) in [7, 11) is 0. The molecule has 0 bridgehead atoms. The number of carboxylic acid groups (broad SMARTS) is 1. The quantitative estimate of drug-likeness (QED) is 0.673. The highest BCUT2D eigenvalue weighted by Crippen LogP contribution is 2.15. The van der Waals surface area contributed by atoms with E-state index in [4.69, 9.17) is 5.11 Å². The molecule has 0 unspecified atom stereocenters. The van der Waals surface area contributed by atoms with E-state index < -0.39 is 5.97 Å². The molecule has 0 aliphatic heterocycles. The van der Waals surface area contributed by atoms with Gasteiger partial charge >= 0.3 is 5.97 Å². The van der Waals surface area contributed by atoms with Crippen molar-refractivity contribution in [2.75, 3.05) is 0 Å². The van der Waals surface area contributed by atoms with Gasteiger partial charge in [-0.05, 0) is 22.9 Å². The maximum Gasteiger partial charge on any atom is 0.335 e. The third kappa shape index (κ3) is 1.38. The molecule has 0 radical (unpaired) electrons. The lowest BCUT2D eigenvalue weighted by molar-refractivity contribution is 0.0697. The third-order valence-electron chi connectivity index (χ3n) is 2.00. The van der Waals surface area contributed by atoms with Gasteiger partial charge in [0, 0.05) is 0 Å². The number of hydrogen-bond donors (Lipinski definition) is 1. The van der Waals surface area contributed by atoms with E-state index in [1.54, 1.807) is 12.1 Å². The van der Waals surface area contributed by atoms with Gasteiger partial charge in [-0.2, -0.15) is 0 Å². The van der Waals surface area contributed by atoms with Crippen LogP contribution in [0.1, 0.15) is 10.4 Å². The molecular formula is C11H8O2. The first-order valence-corrected chi connectivity index (χ1v) is 3.99. The minimum absolute atomic E-state index is 0.332. The Balaban J connectivity index is 2.69. The highest BCUT2D eigenvalue weighted by molar-refractivity contribution is 5.94. The van der Waals surface area contributed by atoms with Crippen LogP contribution in [0.4, 0.5) is 0 Å². The van der Waals surface area contributed by atoms with Crippen molar-refractivity contribution in [3.63, 3.8) is 0 Å². The van der Waals surface area contributed by atoms with Crippen LogP contribution in [0.3, 0.4) is 0 Å². The van der Waals surface area contributed by atoms with Crippen molar-refractivity contribution in [1.29, 1.82) is 0 Å². The van der Waals surface area contributed by atoms with Gasteiger partial charge in [0.15, 0.2) is 0 Å². The van der Waals surface area contributed by atoms with Gasteiger partial charge in [0.25, 0.3) is 0 Å². The van der Waals surface area contributed by atoms with Crippen molar-refractivity contribution >= 4 is 16.7 Å². The molecule has 0 fully saturated rings. The summed E-state index contributed by atoms with van der Waals surface area (Å²) in [6.07, 6.45) is 0. The Morgan fingerprint density at radius 2 is 1.69 bits per heavy atom. The number of hydrogen-bond acceptors (Lipinski definition) is 1. The Morgan fingerprint density at radius 1 is 1.00 bits per heavy atom. The van der Waals surface area contributed by atoms with Gasteiger partial charge in [0.05, 0.1) is 5.56 Å². The summed E-state index contributed by atoms with van der Waals surface area (Å²) >= 11 is 0. The smallest absolute Gasteiger partial charge is 0.335 e. The van der Waals surface area contributed by atoms with E-state index in [1.807, 2.05) is 30.3 Å². The molecule has 0 aliphatic rings. The molecule has 0 saturated heterocycles. The molecule has 2 aromatic carbocycles. The van der Waals surface area contributed by atoms with Gasteiger partial charge in [-0.15, -0.1) is 0 Å². The Hall–Kier alpha value is -1.83. The van der Waals surface area contributed by atoms with E-state index in [0.717, 1.165) is 10.8 Å². The Bertz CT molecular complexity index is 460. The standard InChI is InChI=1S/C11H8O2/c12-11(13)10-6-5-8-3-1-2-4-9(8)7-10/h1-7H,(H,12,13)/i11+1. The molecule has 2 nitrogen and oxygen atoms in total. The molecule has 0 aliphatic carbocycles. The molecular weight excluding hydrogens is 165 g/mol. The van der Waals surface area contributed by atoms with Crippen LogP contribution in [0, 0.1) is 0 Å². The molecule has 2 rings (SSSR count). The molecule has 2 aromatic rings. The van der Waals surface area contributed by atoms with Crippen LogP contribution in [-0.4, -0.2) is 11.1 Å². The second-order valence-electron chi connectivity index (χ2n) is 2.87. The lowest BCUT2D eigenvalue weighted by atomic mass is 10.1. The van der Waals surface area contributed by atoms with E-state index in [2.05, 4.69) is 0 Å². The van der Waals surface area contributed by atoms with Gasteiger partial charge < -0.3 is 5.11 Å². The van der Waals surface area contributed by atoms with Crippen LogP contribution >= 0.6 is 0 Å². The van der Waals surface area contributed by atoms with Crippen molar-refractivity contribution in [3.8, 4) is 0 Å². The summed E-state index contributed by atoms with van der Waals surface area (Å²) in [6, 6.07) is 12.8. The van der Waals surface area contributed by atoms with Gasteiger partial charge in [-0.25, -0.2) is 4.79 Å². The zero-order valence-corrected chi connectivity index (χ0v) is 6.90. The van der Waals surface area contributed by atoms with Gasteiger partial charge in [-0.3, -0.25) is 0 Å². The molecule has 1 N–H and O–H groups in total. The summed E-state index contributed by atoms with van der Waals surface area (Å²) < 4.78 is 0. The lowest BCUT2D eigenvalue weighted by Gasteiger charge is -1.98. The Kier molecular flexibility index (Phi) is 1.74. The van der Waals surface area contributed by atoms with Crippen LogP contribution in [0.2, 0.25) is 0 Å². The average Bonchev–Trinajstić information content (AvgIpc) is 2.17. The second kappa shape index (κ2) is 2.90. The molecule has 0 aromatic heterocycles. The molecule has 2 heteroatoms. The first kappa shape index (κ1) is 7.80. The molecule has 64 valence electrons. The van der Waals surface area contributed by atoms with E-state index in [9.17, 15) is 4.79 Å². The first-order valence-electron chi connectivity index (χ1n) is 3.99. The van der Waals surface area contributed by atoms with Crippen molar-refractivity contribution in [2.45, 2.75) is 0 Å². The van der Waals surface area contributed by atoms with E-state index in [1.165, 1.54) is 0 Å². The minimum atomic E-state index is -0.884. The van der Waals surface area contributed by atoms with Crippen molar-refractivity contribution in [1.82, 2.24) is 0 Å². The normalized spacial score (nSPS) is 10.2. The zero-order valence-electron chi connectivity index (χ0n) is 6.90. The second-order valence-corrected chi connectivity index (χ2v) is 2.87. The monoisotopic (exact) mass is 173 g/mol. The number of fused-ring (bicyclic) bond motifs is 1. The van der Waals surface area contributed by atoms with Crippen LogP contribution in [0.25, 0.3) is 10.8 Å². The molecule has 0 saturated carbocycles. The zero-order chi connectivity index (χ0) is 9.26. The van der Waals surface area contributed by atoms with Crippen LogP contribution in [0.15, 0.2) is 42.5 Å². The number of aromatic carboxylic acids is 1. The SMILES string of the molecule is O=[13C](O)c1ccc2ccccc2c1. The summed E-state index contributed by atoms with van der Waals surface area (Å²) in [5, 5.41) is 10.8. The van der Waals surface area contributed by atoms with Crippen molar-refractivity contribution in [2.24, 2.45) is 0 Å². The number of carboxylic acids is 1. The van der Waals surface area contributed by atoms with Gasteiger partial charge in [0.2, 0.25) is 0 Å². The number of benzene rings is 2. The third-order valence-corrected chi connectivity index (χ3v) is 2.00. The van der Waals surface area contributed by atoms with Crippen molar-refractivity contribution in [3.05, 3.63) is 48.0 Å². The highest BCUT2D eigenvalue weighted by Gasteiger charge is 2.01. The summed E-state index contributed by atoms with van der Waals surface area (Å²) in [4.78, 5) is 10.6. The summed E-state index contributed by atoms with van der Waals surface area (Å²) in [5.74, 6) is -0.884. The fraction of sp³-hybridized carbons (Fsp3) is 0. The Labute approximate surface area is 75.4 Å². The fourth-order valence-electron chi connectivity index (χ4n) is 1.32. The maximum absolute atomic E-state index is 10.6. The van der Waals surface area contributed by atoms with Gasteiger partial charge in [0.1, 0.15) is 0 Å². The molecule has 0 amide bonds. The minimum Gasteiger partial charge on any atom is -0.478 e. The molecule has 0 spiro atoms. The average molecular weight is 173 g/mol. The highest BCUT2D eigenvalue weighted by atomic mass is 16.5. The maximum atomic E-state index is 10.6. The number of rotatable bonds is 1. The fourth-order valence-corrected chi connectivity index (χ4v) is 1.32. The summed E-state index contributed by atoms with van der Waals surface area (Å²) in [6.45, 7) is 0. The summed E-state index contributed by atoms with van der Waals surface area (Å²) in [5.41, 5.74) is 0.332. The largest absolute Gasteiger partial charge is 0.478 e. The van der Waals surface area contributed by atoms with E-state index >= 15 is 0 Å². The lowest BCUT2D eigenvalue weighted by Crippen LogP contribution is -1.94. The van der Waals surface area contributed by atoms with E-state index in [-0.39, 0.29) is 0 Å². The van der Waals surface area contributed by atoms with Crippen LogP contribution in [-0.2, 0) is 0 Å². The number of carbonyl (C=O) groups is 1. The predicted molar refractivity (Wildman–Crippen MR) is 50.9 cm³/mol. The first-order chi connectivity index (χ1) is 6.27. The Morgan fingerprint density at radius 3 is 2.38 bits per heavy atom. The van der Waals surface area contributed by atoms with Gasteiger partial charge in [-0.1, -0.05) is 30.3 Å². The molecule has 0 atom stereocenters. The topological polar surface area (TPSA) is 37.3 Å². The van der Waals surface area contributed by atoms with E-state index in [0.29, 0.717) is 5.56 Å². The predicted octanol–water partition coefficient (Wildman–Crippen LogP) is 2.54. The molecule has 0 heterocycles. The van der Waals surface area contributed by atoms with Crippen LogP contribution in [0.5, 0.6) is 0 Å². The molecule has 13 heavy (non-hydrogen) atoms. The van der Waals surface area contributed by atoms with Crippen LogP contribution < -0.4 is 0 Å².